The lowest BCUT2D eigenvalue weighted by atomic mass is 9.98. The topological polar surface area (TPSA) is 72.2 Å². The second-order valence-corrected chi connectivity index (χ2v) is 8.01. The minimum Gasteiger partial charge on any atom is -0.398 e. The summed E-state index contributed by atoms with van der Waals surface area (Å²) in [5, 5.41) is 0. The zero-order valence-corrected chi connectivity index (χ0v) is 14.0. The number of hydrogen-bond acceptors (Lipinski definition) is 3. The van der Waals surface area contributed by atoms with E-state index >= 15 is 0 Å². The van der Waals surface area contributed by atoms with E-state index in [1.54, 1.807) is 12.1 Å². The van der Waals surface area contributed by atoms with Crippen LogP contribution >= 0.6 is 0 Å². The van der Waals surface area contributed by atoms with Gasteiger partial charge in [0.2, 0.25) is 10.0 Å². The molecule has 0 aliphatic heterocycles. The Morgan fingerprint density at radius 1 is 1.14 bits per heavy atom. The summed E-state index contributed by atoms with van der Waals surface area (Å²) in [6, 6.07) is 3.29. The Balaban J connectivity index is 2.25. The third-order valence-corrected chi connectivity index (χ3v) is 6.13. The zero-order chi connectivity index (χ0) is 15.6. The van der Waals surface area contributed by atoms with Crippen molar-refractivity contribution >= 4 is 15.7 Å². The Morgan fingerprint density at radius 3 is 2.48 bits per heavy atom. The van der Waals surface area contributed by atoms with Gasteiger partial charge in [-0.25, -0.2) is 13.1 Å². The summed E-state index contributed by atoms with van der Waals surface area (Å²) >= 11 is 0. The lowest BCUT2D eigenvalue weighted by Gasteiger charge is -2.23. The van der Waals surface area contributed by atoms with Crippen LogP contribution in [0.2, 0.25) is 0 Å². The highest BCUT2D eigenvalue weighted by Crippen LogP contribution is 2.26. The fourth-order valence-corrected chi connectivity index (χ4v) is 4.44. The molecule has 0 saturated heterocycles. The molecular weight excluding hydrogens is 284 g/mol. The highest BCUT2D eigenvalue weighted by Gasteiger charge is 2.26. The molecule has 5 heteroatoms. The summed E-state index contributed by atoms with van der Waals surface area (Å²) in [6.07, 6.45) is 5.48. The van der Waals surface area contributed by atoms with Crippen molar-refractivity contribution in [1.29, 1.82) is 0 Å². The van der Waals surface area contributed by atoms with Crippen molar-refractivity contribution < 1.29 is 8.42 Å². The van der Waals surface area contributed by atoms with E-state index in [9.17, 15) is 8.42 Å². The zero-order valence-electron chi connectivity index (χ0n) is 13.1. The molecular formula is C16H26N2O2S. The number of rotatable bonds is 3. The van der Waals surface area contributed by atoms with E-state index in [2.05, 4.69) is 11.6 Å². The van der Waals surface area contributed by atoms with E-state index in [-0.39, 0.29) is 10.9 Å². The van der Waals surface area contributed by atoms with Crippen LogP contribution in [0.4, 0.5) is 5.69 Å². The number of nitrogens with two attached hydrogens (primary N) is 1. The van der Waals surface area contributed by atoms with Gasteiger partial charge >= 0.3 is 0 Å². The van der Waals surface area contributed by atoms with E-state index in [0.717, 1.165) is 30.4 Å². The van der Waals surface area contributed by atoms with E-state index in [4.69, 9.17) is 5.73 Å². The van der Waals surface area contributed by atoms with Crippen LogP contribution in [0, 0.1) is 19.8 Å². The second-order valence-electron chi connectivity index (χ2n) is 6.30. The van der Waals surface area contributed by atoms with Gasteiger partial charge in [0.05, 0.1) is 4.90 Å². The first-order valence-electron chi connectivity index (χ1n) is 7.70. The Morgan fingerprint density at radius 2 is 1.81 bits per heavy atom. The van der Waals surface area contributed by atoms with Gasteiger partial charge < -0.3 is 5.73 Å². The Kier molecular flexibility index (Phi) is 4.94. The van der Waals surface area contributed by atoms with Crippen molar-refractivity contribution in [1.82, 2.24) is 4.72 Å². The van der Waals surface area contributed by atoms with Crippen molar-refractivity contribution in [2.75, 3.05) is 5.73 Å². The fraction of sp³-hybridized carbons (Fsp3) is 0.625. The first kappa shape index (κ1) is 16.3. The molecule has 118 valence electrons. The summed E-state index contributed by atoms with van der Waals surface area (Å²) < 4.78 is 28.1. The first-order valence-corrected chi connectivity index (χ1v) is 9.18. The van der Waals surface area contributed by atoms with Crippen LogP contribution in [-0.4, -0.2) is 14.5 Å². The summed E-state index contributed by atoms with van der Waals surface area (Å²) in [6.45, 7) is 5.92. The van der Waals surface area contributed by atoms with Crippen molar-refractivity contribution in [3.05, 3.63) is 23.3 Å². The van der Waals surface area contributed by atoms with Crippen LogP contribution in [0.25, 0.3) is 0 Å². The molecule has 0 radical (unpaired) electrons. The maximum Gasteiger partial charge on any atom is 0.240 e. The summed E-state index contributed by atoms with van der Waals surface area (Å²) in [5.41, 5.74) is 8.29. The molecule has 1 saturated carbocycles. The average molecular weight is 310 g/mol. The standard InChI is InChI=1S/C16H26N2O2S/c1-11-7-5-4-6-8-16(11)18-21(19,20)14-9-12(2)13(3)15(17)10-14/h9-11,16,18H,4-8,17H2,1-3H3. The van der Waals surface area contributed by atoms with Gasteiger partial charge in [0.15, 0.2) is 0 Å². The van der Waals surface area contributed by atoms with Crippen LogP contribution in [0.15, 0.2) is 17.0 Å². The lowest BCUT2D eigenvalue weighted by molar-refractivity contribution is 0.399. The average Bonchev–Trinajstić information content (AvgIpc) is 2.60. The molecule has 2 atom stereocenters. The SMILES string of the molecule is Cc1cc(S(=O)(=O)NC2CCCCCC2C)cc(N)c1C. The maximum absolute atomic E-state index is 12.6. The number of hydrogen-bond donors (Lipinski definition) is 2. The van der Waals surface area contributed by atoms with E-state index in [1.165, 1.54) is 12.8 Å². The van der Waals surface area contributed by atoms with Gasteiger partial charge in [-0.3, -0.25) is 0 Å². The number of aryl methyl sites for hydroxylation is 1. The Labute approximate surface area is 128 Å². The molecule has 1 aromatic carbocycles. The number of sulfonamides is 1. The van der Waals surface area contributed by atoms with Gasteiger partial charge in [0, 0.05) is 11.7 Å². The van der Waals surface area contributed by atoms with E-state index < -0.39 is 10.0 Å². The van der Waals surface area contributed by atoms with Crippen molar-refractivity contribution in [2.24, 2.45) is 5.92 Å². The third-order valence-electron chi connectivity index (χ3n) is 4.66. The molecule has 0 bridgehead atoms. The summed E-state index contributed by atoms with van der Waals surface area (Å²) in [7, 11) is -3.50. The quantitative estimate of drug-likeness (QED) is 0.665. The molecule has 0 spiro atoms. The van der Waals surface area contributed by atoms with E-state index in [0.29, 0.717) is 11.6 Å². The smallest absolute Gasteiger partial charge is 0.240 e. The predicted molar refractivity (Wildman–Crippen MR) is 86.7 cm³/mol. The van der Waals surface area contributed by atoms with Crippen LogP contribution in [0.1, 0.15) is 50.2 Å². The van der Waals surface area contributed by atoms with Gasteiger partial charge in [0.1, 0.15) is 0 Å². The molecule has 2 rings (SSSR count). The molecule has 2 unspecified atom stereocenters. The number of nitrogens with one attached hydrogen (secondary N) is 1. The monoisotopic (exact) mass is 310 g/mol. The maximum atomic E-state index is 12.6. The van der Waals surface area contributed by atoms with Crippen molar-refractivity contribution in [3.63, 3.8) is 0 Å². The minimum absolute atomic E-state index is 0.0281. The first-order chi connectivity index (χ1) is 9.81. The Bertz CT molecular complexity index is 588. The van der Waals surface area contributed by atoms with Crippen LogP contribution in [0.3, 0.4) is 0 Å². The number of nitrogen functional groups attached to an aromatic ring is 1. The minimum atomic E-state index is -3.50. The summed E-state index contributed by atoms with van der Waals surface area (Å²) in [5.74, 6) is 0.381. The predicted octanol–water partition coefficient (Wildman–Crippen LogP) is 3.13. The molecule has 21 heavy (non-hydrogen) atoms. The molecule has 0 amide bonds. The van der Waals surface area contributed by atoms with E-state index in [1.807, 2.05) is 13.8 Å². The lowest BCUT2D eigenvalue weighted by Crippen LogP contribution is -2.38. The number of anilines is 1. The van der Waals surface area contributed by atoms with Gasteiger partial charge in [-0.15, -0.1) is 0 Å². The second kappa shape index (κ2) is 6.36. The van der Waals surface area contributed by atoms with Gasteiger partial charge in [-0.05, 0) is 55.9 Å². The third kappa shape index (κ3) is 3.77. The molecule has 4 nitrogen and oxygen atoms in total. The largest absolute Gasteiger partial charge is 0.398 e. The molecule has 3 N–H and O–H groups in total. The normalized spacial score (nSPS) is 23.8. The van der Waals surface area contributed by atoms with Gasteiger partial charge in [-0.1, -0.05) is 26.2 Å². The summed E-state index contributed by atoms with van der Waals surface area (Å²) in [4.78, 5) is 0.277. The Hall–Kier alpha value is -1.07. The molecule has 0 heterocycles. The molecule has 1 aliphatic carbocycles. The molecule has 1 aliphatic rings. The van der Waals surface area contributed by atoms with Crippen molar-refractivity contribution in [2.45, 2.75) is 63.8 Å². The molecule has 1 fully saturated rings. The van der Waals surface area contributed by atoms with Crippen LogP contribution in [0.5, 0.6) is 0 Å². The molecule has 1 aromatic rings. The highest BCUT2D eigenvalue weighted by atomic mass is 32.2. The van der Waals surface area contributed by atoms with Gasteiger partial charge in [0.25, 0.3) is 0 Å². The van der Waals surface area contributed by atoms with Gasteiger partial charge in [-0.2, -0.15) is 0 Å². The molecule has 0 aromatic heterocycles. The van der Waals surface area contributed by atoms with Crippen molar-refractivity contribution in [3.8, 4) is 0 Å². The number of benzene rings is 1. The van der Waals surface area contributed by atoms with Crippen LogP contribution < -0.4 is 10.5 Å². The van der Waals surface area contributed by atoms with Crippen LogP contribution in [-0.2, 0) is 10.0 Å². The fourth-order valence-electron chi connectivity index (χ4n) is 2.94. The highest BCUT2D eigenvalue weighted by molar-refractivity contribution is 7.89.